The second kappa shape index (κ2) is 28.8. The number of aliphatic hydroxyl groups excluding tert-OH is 1. The Morgan fingerprint density at radius 1 is 0.515 bits per heavy atom. The predicted octanol–water partition coefficient (Wildman–Crippen LogP) is 14.5. The van der Waals surface area contributed by atoms with Crippen molar-refractivity contribution in [2.24, 2.45) is 23.7 Å². The number of carbonyl (C=O) groups is 2. The van der Waals surface area contributed by atoms with Gasteiger partial charge in [0.05, 0.1) is 30.3 Å². The highest BCUT2D eigenvalue weighted by Crippen LogP contribution is 2.55. The Bertz CT molecular complexity index is 1410. The molecule has 0 aromatic carbocycles. The third-order valence-corrected chi connectivity index (χ3v) is 9.32. The molecule has 0 bridgehead atoms. The van der Waals surface area contributed by atoms with Gasteiger partial charge in [-0.05, 0) is 75.8 Å². The van der Waals surface area contributed by atoms with Crippen LogP contribution in [0.4, 0.5) is 114 Å². The minimum Gasteiger partial charge on any atom is -0.463 e. The van der Waals surface area contributed by atoms with Gasteiger partial charge in [-0.25, -0.2) is 13.6 Å². The molecule has 0 heterocycles. The number of aliphatic hydroxyl groups is 1. The maximum atomic E-state index is 13.7. The molecule has 0 aliphatic heterocycles. The molecule has 5 nitrogen and oxygen atoms in total. The summed E-state index contributed by atoms with van der Waals surface area (Å²) < 4.78 is 335. The largest absolute Gasteiger partial charge is 0.463 e. The van der Waals surface area contributed by atoms with Crippen molar-refractivity contribution >= 4 is 22.8 Å². The maximum absolute atomic E-state index is 13.7. The summed E-state index contributed by atoms with van der Waals surface area (Å²) in [6.45, 7) is 14.5. The average molecular weight is 1090 g/mol. The summed E-state index contributed by atoms with van der Waals surface area (Å²) in [5.41, 5.74) is -12.7. The van der Waals surface area contributed by atoms with Crippen molar-refractivity contribution in [2.75, 3.05) is 32.8 Å². The van der Waals surface area contributed by atoms with Crippen LogP contribution in [-0.4, -0.2) is 115 Å². The smallest absolute Gasteiger partial charge is 0.431 e. The molecule has 0 spiro atoms. The van der Waals surface area contributed by atoms with Gasteiger partial charge in [-0.1, -0.05) is 33.9 Å². The van der Waals surface area contributed by atoms with Gasteiger partial charge in [-0.15, -0.1) is 0 Å². The number of nitrogens with zero attached hydrogens (tertiary/aromatic N) is 1. The number of allylic oxidation sites excluding steroid dienone is 1. The number of ether oxygens (including phenoxy) is 1. The van der Waals surface area contributed by atoms with Crippen molar-refractivity contribution in [3.05, 3.63) is 25.3 Å². The van der Waals surface area contributed by atoms with Crippen LogP contribution < -0.4 is 0 Å². The quantitative estimate of drug-likeness (QED) is 0.0433. The van der Waals surface area contributed by atoms with Crippen LogP contribution in [0.5, 0.6) is 0 Å². The highest BCUT2D eigenvalue weighted by Gasteiger charge is 2.75. The van der Waals surface area contributed by atoms with E-state index in [0.29, 0.717) is 6.08 Å². The van der Waals surface area contributed by atoms with Crippen LogP contribution in [-0.2, 0) is 14.3 Å². The summed E-state index contributed by atoms with van der Waals surface area (Å²) in [4.78, 5) is 22.6. The van der Waals surface area contributed by atoms with Crippen LogP contribution in [0.3, 0.4) is 0 Å². The molecular weight excluding hydrogens is 1040 g/mol. The second-order valence-electron chi connectivity index (χ2n) is 13.9. The Morgan fingerprint density at radius 2 is 0.779 bits per heavy atom. The lowest BCUT2D eigenvalue weighted by molar-refractivity contribution is -0.354. The molecule has 0 aliphatic rings. The molecule has 4 unspecified atom stereocenters. The zero-order valence-corrected chi connectivity index (χ0v) is 36.2. The summed E-state index contributed by atoms with van der Waals surface area (Å²) in [6.07, 6.45) is -63.4. The van der Waals surface area contributed by atoms with Crippen molar-refractivity contribution in [1.82, 2.24) is 4.90 Å². The molecule has 0 amide bonds. The molecule has 0 aliphatic carbocycles. The van der Waals surface area contributed by atoms with E-state index in [1.165, 1.54) is 19.6 Å². The molecule has 0 aromatic rings. The average Bonchev–Trinajstić information content (AvgIpc) is 3.14. The fraction of sp³-hybridized carbons (Fsp3) is 0.833. The van der Waals surface area contributed by atoms with Gasteiger partial charge in [-0.3, -0.25) is 4.79 Å². The summed E-state index contributed by atoms with van der Waals surface area (Å²) in [7, 11) is 0. The van der Waals surface area contributed by atoms with E-state index in [4.69, 9.17) is 16.7 Å². The van der Waals surface area contributed by atoms with Gasteiger partial charge in [0.15, 0.2) is 0 Å². The topological polar surface area (TPSA) is 66.8 Å². The number of rotatable bonds is 20. The van der Waals surface area contributed by atoms with E-state index >= 15 is 0 Å². The van der Waals surface area contributed by atoms with Crippen LogP contribution in [0.1, 0.15) is 72.1 Å². The van der Waals surface area contributed by atoms with E-state index in [-0.39, 0.29) is 0 Å². The first-order valence-corrected chi connectivity index (χ1v) is 19.3. The summed E-state index contributed by atoms with van der Waals surface area (Å²) in [5, 5.41) is 7.92. The first kappa shape index (κ1) is 71.6. The first-order valence-electron chi connectivity index (χ1n) is 18.9. The molecule has 1 N–H and O–H groups in total. The fourth-order valence-corrected chi connectivity index (χ4v) is 5.22. The van der Waals surface area contributed by atoms with Crippen molar-refractivity contribution in [3.63, 3.8) is 0 Å². The molecular formula is C36H46ClF26NO4. The maximum Gasteiger partial charge on any atom is 0.431 e. The van der Waals surface area contributed by atoms with E-state index < -0.39 is 160 Å². The highest BCUT2D eigenvalue weighted by atomic mass is 35.5. The lowest BCUT2D eigenvalue weighted by Crippen LogP contribution is -2.55. The molecule has 68 heavy (non-hydrogen) atoms. The summed E-state index contributed by atoms with van der Waals surface area (Å²) >= 11 is 4.71. The van der Waals surface area contributed by atoms with E-state index in [2.05, 4.69) is 43.6 Å². The van der Waals surface area contributed by atoms with Crippen molar-refractivity contribution in [3.8, 4) is 0 Å². The molecule has 0 saturated heterocycles. The zero-order chi connectivity index (χ0) is 55.4. The summed E-state index contributed by atoms with van der Waals surface area (Å²) in [6, 6.07) is 0. The van der Waals surface area contributed by atoms with E-state index in [1.807, 2.05) is 0 Å². The lowest BCUT2D eigenvalue weighted by Gasteiger charge is -2.35. The van der Waals surface area contributed by atoms with Crippen LogP contribution in [0.15, 0.2) is 25.3 Å². The number of halogens is 27. The molecule has 32 heteroatoms. The highest BCUT2D eigenvalue weighted by molar-refractivity contribution is 6.66. The minimum absolute atomic E-state index is 0.509. The van der Waals surface area contributed by atoms with E-state index in [1.54, 1.807) is 0 Å². The first-order chi connectivity index (χ1) is 30.1. The SMILES string of the molecule is C=CC(=O)Cl.C=CC(=O)OCCCC(CC(CC(F)(C(F)(F)F)C(F)(F)F)C(F)(F)F)C(F)(F)F.CCN(CC)CC.OCCCC(CC(CC(F)(C(F)(F)F)C(F)(F)F)C(F)(F)F)C(F)(F)F. The van der Waals surface area contributed by atoms with Gasteiger partial charge in [-0.2, -0.15) is 105 Å². The Hall–Kier alpha value is -2.99. The van der Waals surface area contributed by atoms with Crippen molar-refractivity contribution in [2.45, 2.75) is 133 Å². The molecule has 0 fully saturated rings. The molecule has 408 valence electrons. The van der Waals surface area contributed by atoms with Gasteiger partial charge in [0.2, 0.25) is 5.24 Å². The standard InChI is InChI=1S/C15H15F13O2.C12H13F13O.C6H15N.C3H3ClO/c1-2-10(29)30-5-3-4-8(12(17,18)19)6-9(13(20,21)22)7-11(16,14(23,24)25)15(26,27)28;13-8(11(20,21)22,12(23,24)25)5-7(10(17,18)19)4-6(2-1-3-26)9(14,15)16;1-4-7(5-2)6-3;1-2-3(4)5/h2,8-9H,1,3-7H2;6-7,26H,1-5H2;4-6H2,1-3H3;2H,1H2. The normalized spacial score (nSPS) is 15.3. The Kier molecular flexibility index (Phi) is 30.3. The Morgan fingerprint density at radius 3 is 0.956 bits per heavy atom. The monoisotopic (exact) mass is 1090 g/mol. The fourth-order valence-electron chi connectivity index (χ4n) is 5.22. The van der Waals surface area contributed by atoms with Crippen LogP contribution in [0, 0.1) is 23.7 Å². The number of hydrogen-bond donors (Lipinski definition) is 1. The lowest BCUT2D eigenvalue weighted by atomic mass is 9.82. The van der Waals surface area contributed by atoms with Crippen LogP contribution in [0.2, 0.25) is 0 Å². The number of esters is 1. The number of alkyl halides is 26. The van der Waals surface area contributed by atoms with E-state index in [9.17, 15) is 124 Å². The molecule has 0 saturated carbocycles. The third-order valence-electron chi connectivity index (χ3n) is 9.16. The van der Waals surface area contributed by atoms with Crippen LogP contribution in [0.25, 0.3) is 0 Å². The summed E-state index contributed by atoms with van der Waals surface area (Å²) in [5.74, 6) is -14.8. The number of hydrogen-bond acceptors (Lipinski definition) is 5. The number of carbonyl (C=O) groups excluding carboxylic acids is 2. The Balaban J connectivity index is -0.000000486. The molecule has 4 atom stereocenters. The van der Waals surface area contributed by atoms with Crippen molar-refractivity contribution in [1.29, 1.82) is 0 Å². The molecule has 0 radical (unpaired) electrons. The molecule has 0 rings (SSSR count). The second-order valence-corrected chi connectivity index (χ2v) is 14.3. The third kappa shape index (κ3) is 26.3. The molecule has 0 aromatic heterocycles. The van der Waals surface area contributed by atoms with Gasteiger partial charge in [0.1, 0.15) is 0 Å². The van der Waals surface area contributed by atoms with Gasteiger partial charge >= 0.3 is 55.4 Å². The van der Waals surface area contributed by atoms with Gasteiger partial charge < -0.3 is 14.7 Å². The van der Waals surface area contributed by atoms with Gasteiger partial charge in [0.25, 0.3) is 11.3 Å². The van der Waals surface area contributed by atoms with Crippen LogP contribution >= 0.6 is 11.6 Å². The zero-order valence-electron chi connectivity index (χ0n) is 35.4. The van der Waals surface area contributed by atoms with Gasteiger partial charge in [0, 0.05) is 25.5 Å². The van der Waals surface area contributed by atoms with Crippen molar-refractivity contribution < 1.29 is 134 Å². The van der Waals surface area contributed by atoms with E-state index in [0.717, 1.165) is 6.08 Å². The minimum atomic E-state index is -6.85. The predicted molar refractivity (Wildman–Crippen MR) is 190 cm³/mol. The Labute approximate surface area is 376 Å².